The Kier molecular flexibility index (Phi) is 11.3. The molecule has 0 heterocycles. The Morgan fingerprint density at radius 3 is 1.07 bits per heavy atom. The molecular formula is C27H27N7O9. The van der Waals surface area contributed by atoms with Gasteiger partial charge in [0.15, 0.2) is 0 Å². The molecule has 16 heteroatoms. The number of nitrogens with zero attached hydrogens (tertiary/aromatic N) is 4. The van der Waals surface area contributed by atoms with Gasteiger partial charge in [-0.1, -0.05) is 18.2 Å². The number of hydrogen-bond acceptors (Lipinski definition) is 10. The standard InChI is InChI=1S/C27H27N7O9/c35-25(19-4-1-7-22(16-19)32(38)39)28-10-13-31(14-11-29-26(36)20-5-2-8-23(17-20)33(40)41)15-12-30-27(37)21-6-3-9-24(18-21)34(42)43/h1-9,16-18H,10-15H2,(H,28,35)(H,29,36)(H,30,37). The van der Waals surface area contributed by atoms with Crippen LogP contribution >= 0.6 is 0 Å². The largest absolute Gasteiger partial charge is 0.351 e. The van der Waals surface area contributed by atoms with Crippen LogP contribution in [0.15, 0.2) is 72.8 Å². The smallest absolute Gasteiger partial charge is 0.270 e. The summed E-state index contributed by atoms with van der Waals surface area (Å²) < 4.78 is 0. The second-order valence-electron chi connectivity index (χ2n) is 9.03. The van der Waals surface area contributed by atoms with Crippen molar-refractivity contribution in [3.8, 4) is 0 Å². The average molecular weight is 594 g/mol. The molecule has 0 bridgehead atoms. The predicted molar refractivity (Wildman–Crippen MR) is 153 cm³/mol. The fourth-order valence-electron chi connectivity index (χ4n) is 3.91. The molecule has 3 aromatic carbocycles. The van der Waals surface area contributed by atoms with E-state index in [4.69, 9.17) is 0 Å². The summed E-state index contributed by atoms with van der Waals surface area (Å²) >= 11 is 0. The number of nitro benzene ring substituents is 3. The van der Waals surface area contributed by atoms with Crippen molar-refractivity contribution in [1.82, 2.24) is 20.9 Å². The average Bonchev–Trinajstić information content (AvgIpc) is 3.00. The van der Waals surface area contributed by atoms with Crippen LogP contribution in [0.2, 0.25) is 0 Å². The van der Waals surface area contributed by atoms with Gasteiger partial charge in [0.1, 0.15) is 0 Å². The number of benzene rings is 3. The van der Waals surface area contributed by atoms with E-state index in [0.29, 0.717) is 0 Å². The van der Waals surface area contributed by atoms with Gasteiger partial charge in [-0.15, -0.1) is 0 Å². The van der Waals surface area contributed by atoms with Gasteiger partial charge in [-0.3, -0.25) is 49.6 Å². The zero-order valence-electron chi connectivity index (χ0n) is 22.6. The Bertz CT molecular complexity index is 1350. The SMILES string of the molecule is O=C(NCCN(CCNC(=O)c1cccc([N+](=O)[O-])c1)CCNC(=O)c1cccc([N+](=O)[O-])c1)c1cccc([N+](=O)[O-])c1. The van der Waals surface area contributed by atoms with Crippen molar-refractivity contribution in [2.75, 3.05) is 39.3 Å². The normalized spacial score (nSPS) is 10.5. The summed E-state index contributed by atoms with van der Waals surface area (Å²) in [4.78, 5) is 70.5. The van der Waals surface area contributed by atoms with Crippen LogP contribution in [0.1, 0.15) is 31.1 Å². The highest BCUT2D eigenvalue weighted by Crippen LogP contribution is 2.14. The number of nitrogens with one attached hydrogen (secondary N) is 3. The van der Waals surface area contributed by atoms with Crippen LogP contribution in [0.5, 0.6) is 0 Å². The van der Waals surface area contributed by atoms with E-state index in [1.807, 2.05) is 4.90 Å². The number of amides is 3. The van der Waals surface area contributed by atoms with Crippen LogP contribution in [0, 0.1) is 30.3 Å². The number of hydrogen-bond donors (Lipinski definition) is 3. The maximum absolute atomic E-state index is 12.5. The van der Waals surface area contributed by atoms with Crippen molar-refractivity contribution < 1.29 is 29.2 Å². The highest BCUT2D eigenvalue weighted by atomic mass is 16.6. The first-order chi connectivity index (χ1) is 20.5. The summed E-state index contributed by atoms with van der Waals surface area (Å²) in [6.45, 7) is 1.16. The van der Waals surface area contributed by atoms with E-state index < -0.39 is 32.5 Å². The maximum Gasteiger partial charge on any atom is 0.270 e. The van der Waals surface area contributed by atoms with Gasteiger partial charge in [0.2, 0.25) is 0 Å². The van der Waals surface area contributed by atoms with E-state index in [2.05, 4.69) is 16.0 Å². The molecule has 3 rings (SSSR count). The van der Waals surface area contributed by atoms with E-state index in [9.17, 15) is 44.7 Å². The first-order valence-electron chi connectivity index (χ1n) is 12.9. The highest BCUT2D eigenvalue weighted by Gasteiger charge is 2.15. The lowest BCUT2D eigenvalue weighted by Gasteiger charge is -2.23. The molecule has 0 aliphatic rings. The van der Waals surface area contributed by atoms with E-state index in [-0.39, 0.29) is 73.0 Å². The van der Waals surface area contributed by atoms with E-state index in [0.717, 1.165) is 18.2 Å². The van der Waals surface area contributed by atoms with E-state index >= 15 is 0 Å². The van der Waals surface area contributed by atoms with Crippen molar-refractivity contribution in [3.05, 3.63) is 120 Å². The Morgan fingerprint density at radius 1 is 0.535 bits per heavy atom. The van der Waals surface area contributed by atoms with Crippen LogP contribution in [-0.4, -0.2) is 76.7 Å². The molecule has 0 atom stereocenters. The van der Waals surface area contributed by atoms with Crippen LogP contribution in [0.3, 0.4) is 0 Å². The monoisotopic (exact) mass is 593 g/mol. The van der Waals surface area contributed by atoms with Gasteiger partial charge in [0.25, 0.3) is 34.8 Å². The summed E-state index contributed by atoms with van der Waals surface area (Å²) in [6, 6.07) is 15.8. The number of carbonyl (C=O) groups excluding carboxylic acids is 3. The lowest BCUT2D eigenvalue weighted by Crippen LogP contribution is -2.43. The third-order valence-corrected chi connectivity index (χ3v) is 6.10. The predicted octanol–water partition coefficient (Wildman–Crippen LogP) is 2.30. The zero-order chi connectivity index (χ0) is 31.4. The first kappa shape index (κ1) is 31.8. The number of nitro groups is 3. The van der Waals surface area contributed by atoms with Gasteiger partial charge >= 0.3 is 0 Å². The van der Waals surface area contributed by atoms with Crippen molar-refractivity contribution >= 4 is 34.8 Å². The third-order valence-electron chi connectivity index (χ3n) is 6.10. The molecule has 0 spiro atoms. The molecule has 3 N–H and O–H groups in total. The summed E-state index contributed by atoms with van der Waals surface area (Å²) in [7, 11) is 0. The van der Waals surface area contributed by atoms with Gasteiger partial charge in [0.05, 0.1) is 14.8 Å². The first-order valence-corrected chi connectivity index (χ1v) is 12.9. The van der Waals surface area contributed by atoms with Crippen molar-refractivity contribution in [2.24, 2.45) is 0 Å². The van der Waals surface area contributed by atoms with E-state index in [1.165, 1.54) is 54.6 Å². The molecule has 0 saturated carbocycles. The Morgan fingerprint density at radius 2 is 0.814 bits per heavy atom. The van der Waals surface area contributed by atoms with Gasteiger partial charge < -0.3 is 16.0 Å². The minimum Gasteiger partial charge on any atom is -0.351 e. The maximum atomic E-state index is 12.5. The molecule has 0 aromatic heterocycles. The quantitative estimate of drug-likeness (QED) is 0.172. The minimum atomic E-state index is -0.609. The van der Waals surface area contributed by atoms with Crippen molar-refractivity contribution in [3.63, 3.8) is 0 Å². The third kappa shape index (κ3) is 9.68. The van der Waals surface area contributed by atoms with Gasteiger partial charge in [-0.25, -0.2) is 0 Å². The minimum absolute atomic E-state index is 0.106. The molecule has 0 saturated heterocycles. The summed E-state index contributed by atoms with van der Waals surface area (Å²) in [5.74, 6) is -1.58. The Labute approximate surface area is 244 Å². The molecule has 0 unspecified atom stereocenters. The fraction of sp³-hybridized carbons (Fsp3) is 0.222. The molecule has 224 valence electrons. The molecule has 43 heavy (non-hydrogen) atoms. The summed E-state index contributed by atoms with van der Waals surface area (Å²) in [5.41, 5.74) is -0.368. The van der Waals surface area contributed by atoms with Gasteiger partial charge in [0, 0.05) is 92.4 Å². The number of carbonyl (C=O) groups is 3. The number of rotatable bonds is 15. The lowest BCUT2D eigenvalue weighted by atomic mass is 10.2. The van der Waals surface area contributed by atoms with E-state index in [1.54, 1.807) is 0 Å². The van der Waals surface area contributed by atoms with Crippen LogP contribution in [0.25, 0.3) is 0 Å². The van der Waals surface area contributed by atoms with Gasteiger partial charge in [-0.2, -0.15) is 0 Å². The van der Waals surface area contributed by atoms with Crippen LogP contribution in [-0.2, 0) is 0 Å². The Hall–Kier alpha value is -5.77. The Balaban J connectivity index is 1.58. The molecule has 16 nitrogen and oxygen atoms in total. The van der Waals surface area contributed by atoms with Crippen molar-refractivity contribution in [1.29, 1.82) is 0 Å². The van der Waals surface area contributed by atoms with Crippen LogP contribution < -0.4 is 16.0 Å². The molecule has 0 aliphatic carbocycles. The molecule has 3 amide bonds. The summed E-state index contributed by atoms with van der Waals surface area (Å²) in [5, 5.41) is 41.0. The molecule has 0 aliphatic heterocycles. The lowest BCUT2D eigenvalue weighted by molar-refractivity contribution is -0.385. The second kappa shape index (κ2) is 15.3. The number of non-ortho nitro benzene ring substituents is 3. The van der Waals surface area contributed by atoms with Crippen LogP contribution in [0.4, 0.5) is 17.1 Å². The van der Waals surface area contributed by atoms with Gasteiger partial charge in [-0.05, 0) is 18.2 Å². The highest BCUT2D eigenvalue weighted by molar-refractivity contribution is 5.95. The molecule has 0 fully saturated rings. The fourth-order valence-corrected chi connectivity index (χ4v) is 3.91. The molecule has 3 aromatic rings. The molecular weight excluding hydrogens is 566 g/mol. The zero-order valence-corrected chi connectivity index (χ0v) is 22.6. The second-order valence-corrected chi connectivity index (χ2v) is 9.03. The topological polar surface area (TPSA) is 220 Å². The van der Waals surface area contributed by atoms with Crippen molar-refractivity contribution in [2.45, 2.75) is 0 Å². The molecule has 0 radical (unpaired) electrons. The summed E-state index contributed by atoms with van der Waals surface area (Å²) in [6.07, 6.45) is 0.